The average Bonchev–Trinajstić information content (AvgIpc) is 2.54. The summed E-state index contributed by atoms with van der Waals surface area (Å²) in [6.07, 6.45) is 8.11. The van der Waals surface area contributed by atoms with Crippen molar-refractivity contribution in [2.24, 2.45) is 0 Å². The Hall–Kier alpha value is -1.63. The van der Waals surface area contributed by atoms with Crippen LogP contribution in [0.15, 0.2) is 12.4 Å². The molecular formula is C12H16N4. The minimum absolute atomic E-state index is 0.441. The summed E-state index contributed by atoms with van der Waals surface area (Å²) in [5.41, 5.74) is 0.441. The molecule has 1 aromatic rings. The minimum atomic E-state index is 0.441. The number of aromatic nitrogens is 2. The Labute approximate surface area is 95.9 Å². The molecule has 2 rings (SSSR count). The summed E-state index contributed by atoms with van der Waals surface area (Å²) in [6.45, 7) is 3.18. The zero-order valence-corrected chi connectivity index (χ0v) is 9.56. The summed E-state index contributed by atoms with van der Waals surface area (Å²) in [6, 6.07) is 2.57. The van der Waals surface area contributed by atoms with Gasteiger partial charge in [0, 0.05) is 25.0 Å². The fourth-order valence-corrected chi connectivity index (χ4v) is 2.21. The fraction of sp³-hybridized carbons (Fsp3) is 0.583. The van der Waals surface area contributed by atoms with Gasteiger partial charge >= 0.3 is 0 Å². The van der Waals surface area contributed by atoms with E-state index in [9.17, 15) is 0 Å². The lowest BCUT2D eigenvalue weighted by Crippen LogP contribution is -2.34. The molecule has 0 radical (unpaired) electrons. The van der Waals surface area contributed by atoms with Crippen LogP contribution in [0.2, 0.25) is 0 Å². The smallest absolute Gasteiger partial charge is 0.183 e. The number of anilines is 1. The lowest BCUT2D eigenvalue weighted by Gasteiger charge is -2.28. The Morgan fingerprint density at radius 1 is 1.31 bits per heavy atom. The molecule has 4 nitrogen and oxygen atoms in total. The molecule has 1 aromatic heterocycles. The van der Waals surface area contributed by atoms with E-state index in [1.807, 2.05) is 0 Å². The number of hydrogen-bond donors (Lipinski definition) is 0. The standard InChI is InChI=1S/C12H16N4/c1-10-5-3-2-4-8-16(10)12-11(9-13)14-6-7-15-12/h6-7,10H,2-5,8H2,1H3. The SMILES string of the molecule is CC1CCCCCN1c1nccnc1C#N. The lowest BCUT2D eigenvalue weighted by molar-refractivity contribution is 0.609. The second kappa shape index (κ2) is 4.93. The number of rotatable bonds is 1. The monoisotopic (exact) mass is 216 g/mol. The molecule has 4 heteroatoms. The Bertz CT molecular complexity index is 396. The van der Waals surface area contributed by atoms with Gasteiger partial charge in [-0.25, -0.2) is 9.97 Å². The Morgan fingerprint density at radius 2 is 2.12 bits per heavy atom. The van der Waals surface area contributed by atoms with Crippen molar-refractivity contribution < 1.29 is 0 Å². The topological polar surface area (TPSA) is 52.8 Å². The van der Waals surface area contributed by atoms with Crippen LogP contribution in [-0.2, 0) is 0 Å². The largest absolute Gasteiger partial charge is 0.352 e. The molecule has 1 aliphatic heterocycles. The first-order valence-electron chi connectivity index (χ1n) is 5.80. The van der Waals surface area contributed by atoms with Crippen molar-refractivity contribution in [3.8, 4) is 6.07 Å². The summed E-state index contributed by atoms with van der Waals surface area (Å²) in [5.74, 6) is 0.749. The van der Waals surface area contributed by atoms with Crippen LogP contribution in [0.5, 0.6) is 0 Å². The van der Waals surface area contributed by atoms with E-state index >= 15 is 0 Å². The molecule has 84 valence electrons. The van der Waals surface area contributed by atoms with Gasteiger partial charge in [-0.1, -0.05) is 12.8 Å². The summed E-state index contributed by atoms with van der Waals surface area (Å²) in [7, 11) is 0. The highest BCUT2D eigenvalue weighted by Crippen LogP contribution is 2.23. The first-order valence-corrected chi connectivity index (χ1v) is 5.80. The zero-order chi connectivity index (χ0) is 11.4. The molecule has 16 heavy (non-hydrogen) atoms. The van der Waals surface area contributed by atoms with Crippen molar-refractivity contribution >= 4 is 5.82 Å². The second-order valence-electron chi connectivity index (χ2n) is 4.23. The molecule has 0 amide bonds. The third kappa shape index (κ3) is 2.13. The van der Waals surface area contributed by atoms with Gasteiger partial charge in [-0.2, -0.15) is 5.26 Å². The van der Waals surface area contributed by atoms with E-state index in [4.69, 9.17) is 5.26 Å². The van der Waals surface area contributed by atoms with Crippen molar-refractivity contribution in [3.63, 3.8) is 0 Å². The van der Waals surface area contributed by atoms with Gasteiger partial charge in [0.2, 0.25) is 0 Å². The molecule has 0 aliphatic carbocycles. The summed E-state index contributed by atoms with van der Waals surface area (Å²) in [4.78, 5) is 10.6. The van der Waals surface area contributed by atoms with Crippen molar-refractivity contribution in [2.45, 2.75) is 38.6 Å². The van der Waals surface area contributed by atoms with Crippen LogP contribution in [0.1, 0.15) is 38.3 Å². The molecule has 0 bridgehead atoms. The number of nitrogens with zero attached hydrogens (tertiary/aromatic N) is 4. The van der Waals surface area contributed by atoms with E-state index in [1.54, 1.807) is 12.4 Å². The van der Waals surface area contributed by atoms with Gasteiger partial charge in [0.25, 0.3) is 0 Å². The highest BCUT2D eigenvalue weighted by atomic mass is 15.2. The van der Waals surface area contributed by atoms with Gasteiger partial charge in [-0.05, 0) is 19.8 Å². The van der Waals surface area contributed by atoms with Crippen LogP contribution < -0.4 is 4.90 Å². The minimum Gasteiger partial charge on any atom is -0.352 e. The van der Waals surface area contributed by atoms with Crippen LogP contribution in [0.25, 0.3) is 0 Å². The Balaban J connectivity index is 2.31. The van der Waals surface area contributed by atoms with Crippen LogP contribution in [0.3, 0.4) is 0 Å². The molecule has 1 unspecified atom stereocenters. The third-order valence-corrected chi connectivity index (χ3v) is 3.11. The quantitative estimate of drug-likeness (QED) is 0.721. The predicted molar refractivity (Wildman–Crippen MR) is 62.0 cm³/mol. The van der Waals surface area contributed by atoms with E-state index in [0.29, 0.717) is 11.7 Å². The van der Waals surface area contributed by atoms with E-state index in [0.717, 1.165) is 12.4 Å². The van der Waals surface area contributed by atoms with Gasteiger partial charge < -0.3 is 4.90 Å². The van der Waals surface area contributed by atoms with Crippen LogP contribution in [0.4, 0.5) is 5.82 Å². The molecule has 0 saturated carbocycles. The maximum absolute atomic E-state index is 9.03. The fourth-order valence-electron chi connectivity index (χ4n) is 2.21. The lowest BCUT2D eigenvalue weighted by atomic mass is 10.1. The maximum Gasteiger partial charge on any atom is 0.183 e. The highest BCUT2D eigenvalue weighted by Gasteiger charge is 2.21. The molecule has 2 heterocycles. The molecule has 0 N–H and O–H groups in total. The van der Waals surface area contributed by atoms with Crippen LogP contribution in [0, 0.1) is 11.3 Å². The van der Waals surface area contributed by atoms with Gasteiger partial charge in [-0.15, -0.1) is 0 Å². The first-order chi connectivity index (χ1) is 7.83. The molecule has 0 spiro atoms. The Morgan fingerprint density at radius 3 is 2.94 bits per heavy atom. The van der Waals surface area contributed by atoms with Crippen molar-refractivity contribution in [1.29, 1.82) is 5.26 Å². The molecule has 1 fully saturated rings. The first kappa shape index (κ1) is 10.9. The van der Waals surface area contributed by atoms with E-state index in [1.165, 1.54) is 25.7 Å². The third-order valence-electron chi connectivity index (χ3n) is 3.11. The van der Waals surface area contributed by atoms with Crippen LogP contribution >= 0.6 is 0 Å². The van der Waals surface area contributed by atoms with Crippen molar-refractivity contribution in [2.75, 3.05) is 11.4 Å². The number of nitriles is 1. The molecule has 0 aromatic carbocycles. The summed E-state index contributed by atoms with van der Waals surface area (Å²) < 4.78 is 0. The predicted octanol–water partition coefficient (Wildman–Crippen LogP) is 2.12. The second-order valence-corrected chi connectivity index (χ2v) is 4.23. The highest BCUT2D eigenvalue weighted by molar-refractivity contribution is 5.50. The van der Waals surface area contributed by atoms with E-state index in [2.05, 4.69) is 27.9 Å². The van der Waals surface area contributed by atoms with E-state index < -0.39 is 0 Å². The van der Waals surface area contributed by atoms with Gasteiger partial charge in [0.05, 0.1) is 0 Å². The zero-order valence-electron chi connectivity index (χ0n) is 9.56. The molecular weight excluding hydrogens is 200 g/mol. The van der Waals surface area contributed by atoms with Gasteiger partial charge in [0.15, 0.2) is 11.5 Å². The molecule has 1 saturated heterocycles. The maximum atomic E-state index is 9.03. The molecule has 1 atom stereocenters. The van der Waals surface area contributed by atoms with Crippen LogP contribution in [-0.4, -0.2) is 22.6 Å². The van der Waals surface area contributed by atoms with Crippen molar-refractivity contribution in [3.05, 3.63) is 18.1 Å². The normalized spacial score (nSPS) is 21.2. The van der Waals surface area contributed by atoms with E-state index in [-0.39, 0.29) is 0 Å². The number of hydrogen-bond acceptors (Lipinski definition) is 4. The van der Waals surface area contributed by atoms with Gasteiger partial charge in [-0.3, -0.25) is 0 Å². The molecule has 1 aliphatic rings. The van der Waals surface area contributed by atoms with Gasteiger partial charge in [0.1, 0.15) is 6.07 Å². The summed E-state index contributed by atoms with van der Waals surface area (Å²) in [5, 5.41) is 9.03. The average molecular weight is 216 g/mol. The Kier molecular flexibility index (Phi) is 3.35. The van der Waals surface area contributed by atoms with Crippen molar-refractivity contribution in [1.82, 2.24) is 9.97 Å². The summed E-state index contributed by atoms with van der Waals surface area (Å²) >= 11 is 0.